The Bertz CT molecular complexity index is 1630. The van der Waals surface area contributed by atoms with Crippen LogP contribution in [0.4, 0.5) is 32.8 Å². The molecule has 0 saturated heterocycles. The number of aromatic nitrogens is 2. The van der Waals surface area contributed by atoms with Crippen LogP contribution in [0.15, 0.2) is 150 Å². The fourth-order valence-corrected chi connectivity index (χ4v) is 6.60. The smallest absolute Gasteiger partial charge is 0.258 e. The molecule has 7 aromatic rings. The van der Waals surface area contributed by atoms with Gasteiger partial charge < -0.3 is 14.2 Å². The third-order valence-electron chi connectivity index (χ3n) is 6.53. The van der Waals surface area contributed by atoms with Crippen LogP contribution >= 0.6 is 22.7 Å². The highest BCUT2D eigenvalue weighted by molar-refractivity contribution is 7.19. The van der Waals surface area contributed by atoms with Gasteiger partial charge in [0.15, 0.2) is 0 Å². The van der Waals surface area contributed by atoms with Crippen LogP contribution in [0.5, 0.6) is 0 Å². The van der Waals surface area contributed by atoms with E-state index in [0.29, 0.717) is 11.8 Å². The Morgan fingerprint density at radius 3 is 1.02 bits per heavy atom. The number of benzene rings is 4. The van der Waals surface area contributed by atoms with E-state index in [1.807, 2.05) is 36.4 Å². The molecule has 3 aromatic heterocycles. The van der Waals surface area contributed by atoms with Crippen molar-refractivity contribution in [1.29, 1.82) is 0 Å². The molecule has 0 amide bonds. The summed E-state index contributed by atoms with van der Waals surface area (Å²) in [4.78, 5) is 6.31. The molecule has 0 N–H and O–H groups in total. The molecule has 198 valence electrons. The van der Waals surface area contributed by atoms with E-state index in [2.05, 4.69) is 129 Å². The maximum atomic E-state index is 6.23. The lowest BCUT2D eigenvalue weighted by Crippen LogP contribution is -2.07. The molecule has 0 spiro atoms. The van der Waals surface area contributed by atoms with Gasteiger partial charge in [0.25, 0.3) is 11.8 Å². The lowest BCUT2D eigenvalue weighted by Gasteiger charge is -2.23. The molecule has 0 aliphatic carbocycles. The first-order valence-electron chi connectivity index (χ1n) is 13.2. The molecule has 41 heavy (non-hydrogen) atoms. The van der Waals surface area contributed by atoms with Gasteiger partial charge in [0.1, 0.15) is 10.0 Å². The summed E-state index contributed by atoms with van der Waals surface area (Å²) in [5.74, 6) is 1.02. The molecule has 0 aliphatic rings. The van der Waals surface area contributed by atoms with Crippen LogP contribution in [-0.2, 0) is 0 Å². The Kier molecular flexibility index (Phi) is 6.87. The van der Waals surface area contributed by atoms with Gasteiger partial charge in [0.05, 0.1) is 9.75 Å². The van der Waals surface area contributed by atoms with Crippen LogP contribution in [0.1, 0.15) is 0 Å². The van der Waals surface area contributed by atoms with Crippen molar-refractivity contribution in [2.24, 2.45) is 0 Å². The van der Waals surface area contributed by atoms with Crippen molar-refractivity contribution in [3.05, 3.63) is 146 Å². The highest BCUT2D eigenvalue weighted by Gasteiger charge is 2.20. The Morgan fingerprint density at radius 2 is 0.707 bits per heavy atom. The van der Waals surface area contributed by atoms with E-state index in [1.165, 1.54) is 0 Å². The van der Waals surface area contributed by atoms with Crippen molar-refractivity contribution in [2.75, 3.05) is 9.80 Å². The van der Waals surface area contributed by atoms with Gasteiger partial charge in [-0.05, 0) is 72.8 Å². The number of para-hydroxylation sites is 4. The summed E-state index contributed by atoms with van der Waals surface area (Å²) in [6.45, 7) is 0. The summed E-state index contributed by atoms with van der Waals surface area (Å²) >= 11 is 3.24. The molecule has 0 radical (unpaired) electrons. The lowest BCUT2D eigenvalue weighted by molar-refractivity contribution is 0.587. The molecule has 5 nitrogen and oxygen atoms in total. The average Bonchev–Trinajstić information content (AvgIpc) is 3.82. The van der Waals surface area contributed by atoms with E-state index >= 15 is 0 Å². The zero-order chi connectivity index (χ0) is 27.4. The Morgan fingerprint density at radius 1 is 0.390 bits per heavy atom. The van der Waals surface area contributed by atoms with Crippen molar-refractivity contribution in [3.63, 3.8) is 0 Å². The highest BCUT2D eigenvalue weighted by atomic mass is 32.1. The predicted molar refractivity (Wildman–Crippen MR) is 170 cm³/mol. The second-order valence-electron chi connectivity index (χ2n) is 9.20. The van der Waals surface area contributed by atoms with Gasteiger partial charge >= 0.3 is 0 Å². The van der Waals surface area contributed by atoms with Gasteiger partial charge in [-0.2, -0.15) is 0 Å². The maximum Gasteiger partial charge on any atom is 0.258 e. The zero-order valence-electron chi connectivity index (χ0n) is 21.9. The molecule has 4 aromatic carbocycles. The van der Waals surface area contributed by atoms with Gasteiger partial charge in [0.2, 0.25) is 0 Å². The van der Waals surface area contributed by atoms with Crippen LogP contribution in [0, 0.1) is 0 Å². The van der Waals surface area contributed by atoms with E-state index in [4.69, 9.17) is 4.42 Å². The van der Waals surface area contributed by atoms with Crippen molar-refractivity contribution in [2.45, 2.75) is 0 Å². The van der Waals surface area contributed by atoms with E-state index in [0.717, 1.165) is 42.5 Å². The topological polar surface area (TPSA) is 45.4 Å². The van der Waals surface area contributed by atoms with Gasteiger partial charge in [-0.15, -0.1) is 32.9 Å². The molecule has 0 saturated carbocycles. The molecule has 7 heteroatoms. The second kappa shape index (κ2) is 11.3. The average molecular weight is 569 g/mol. The van der Waals surface area contributed by atoms with Crippen LogP contribution in [-0.4, -0.2) is 10.2 Å². The molecular weight excluding hydrogens is 545 g/mol. The number of nitrogens with zero attached hydrogens (tertiary/aromatic N) is 4. The molecular formula is C34H24N4OS2. The number of hydrogen-bond acceptors (Lipinski definition) is 7. The van der Waals surface area contributed by atoms with Crippen LogP contribution in [0.25, 0.3) is 21.5 Å². The standard InChI is InChI=1S/C34H24N4OS2/c1-5-13-25(14-6-1)37(26-15-7-2-8-16-26)31-23-21-29(40-31)33-35-36-34(39-33)30-22-24-32(41-30)38(27-17-9-3-10-18-27)28-19-11-4-12-20-28/h1-24H. The van der Waals surface area contributed by atoms with Gasteiger partial charge in [-0.3, -0.25) is 0 Å². The van der Waals surface area contributed by atoms with Gasteiger partial charge in [-0.1, -0.05) is 72.8 Å². The lowest BCUT2D eigenvalue weighted by atomic mass is 10.2. The summed E-state index contributed by atoms with van der Waals surface area (Å²) in [5.41, 5.74) is 4.35. The van der Waals surface area contributed by atoms with Crippen molar-refractivity contribution in [1.82, 2.24) is 10.2 Å². The Hall–Kier alpha value is -4.98. The maximum absolute atomic E-state index is 6.23. The molecule has 0 atom stereocenters. The van der Waals surface area contributed by atoms with Crippen LogP contribution in [0.2, 0.25) is 0 Å². The van der Waals surface area contributed by atoms with Gasteiger partial charge in [-0.25, -0.2) is 0 Å². The fraction of sp³-hybridized carbons (Fsp3) is 0. The molecule has 7 rings (SSSR count). The predicted octanol–water partition coefficient (Wildman–Crippen LogP) is 10.5. The highest BCUT2D eigenvalue weighted by Crippen LogP contribution is 2.44. The number of hydrogen-bond donors (Lipinski definition) is 0. The molecule has 3 heterocycles. The number of thiophene rings is 2. The van der Waals surface area contributed by atoms with E-state index in [9.17, 15) is 0 Å². The van der Waals surface area contributed by atoms with Gasteiger partial charge in [0, 0.05) is 22.7 Å². The van der Waals surface area contributed by atoms with Crippen LogP contribution in [0.3, 0.4) is 0 Å². The SMILES string of the molecule is c1ccc(N(c2ccccc2)c2ccc(-c3nnc(-c4ccc(N(c5ccccc5)c5ccccc5)s4)o3)s2)cc1. The normalized spacial score (nSPS) is 10.9. The first kappa shape index (κ1) is 25.0. The summed E-state index contributed by atoms with van der Waals surface area (Å²) < 4.78 is 6.23. The fourth-order valence-electron chi connectivity index (χ4n) is 4.66. The third-order valence-corrected chi connectivity index (χ3v) is 8.65. The molecule has 0 unspecified atom stereocenters. The van der Waals surface area contributed by atoms with Crippen molar-refractivity contribution >= 4 is 55.4 Å². The summed E-state index contributed by atoms with van der Waals surface area (Å²) in [5, 5.41) is 11.0. The first-order chi connectivity index (χ1) is 20.3. The van der Waals surface area contributed by atoms with E-state index in [-0.39, 0.29) is 0 Å². The van der Waals surface area contributed by atoms with Crippen molar-refractivity contribution in [3.8, 4) is 21.5 Å². The van der Waals surface area contributed by atoms with Crippen LogP contribution < -0.4 is 9.80 Å². The largest absolute Gasteiger partial charge is 0.414 e. The van der Waals surface area contributed by atoms with E-state index in [1.54, 1.807) is 22.7 Å². The first-order valence-corrected chi connectivity index (χ1v) is 14.8. The summed E-state index contributed by atoms with van der Waals surface area (Å²) in [6, 6.07) is 49.7. The third kappa shape index (κ3) is 5.16. The number of rotatable bonds is 8. The Labute approximate surface area is 246 Å². The number of anilines is 6. The second-order valence-corrected chi connectivity index (χ2v) is 11.3. The zero-order valence-corrected chi connectivity index (χ0v) is 23.5. The minimum Gasteiger partial charge on any atom is -0.414 e. The Balaban J connectivity index is 1.19. The quantitative estimate of drug-likeness (QED) is 0.182. The monoisotopic (exact) mass is 568 g/mol. The minimum atomic E-state index is 0.509. The molecule has 0 aliphatic heterocycles. The summed E-state index contributed by atoms with van der Waals surface area (Å²) in [7, 11) is 0. The minimum absolute atomic E-state index is 0.509. The summed E-state index contributed by atoms with van der Waals surface area (Å²) in [6.07, 6.45) is 0. The molecule has 0 bridgehead atoms. The molecule has 0 fully saturated rings. The van der Waals surface area contributed by atoms with Crippen molar-refractivity contribution < 1.29 is 4.42 Å². The van der Waals surface area contributed by atoms with E-state index < -0.39 is 0 Å².